The Morgan fingerprint density at radius 2 is 1.61 bits per heavy atom. The summed E-state index contributed by atoms with van der Waals surface area (Å²) in [5.74, 6) is 2.13. The van der Waals surface area contributed by atoms with E-state index in [1.54, 1.807) is 23.5 Å². The number of hydrogen-bond acceptors (Lipinski definition) is 4. The summed E-state index contributed by atoms with van der Waals surface area (Å²) in [5, 5.41) is 6.14. The molecule has 0 bridgehead atoms. The fourth-order valence-electron chi connectivity index (χ4n) is 1.08. The summed E-state index contributed by atoms with van der Waals surface area (Å²) in [6.07, 6.45) is 0.778. The van der Waals surface area contributed by atoms with E-state index in [9.17, 15) is 9.59 Å². The number of amides is 2. The first-order valence-corrected chi connectivity index (χ1v) is 8.49. The Bertz CT molecular complexity index is 248. The van der Waals surface area contributed by atoms with Gasteiger partial charge >= 0.3 is 0 Å². The monoisotopic (exact) mass is 292 g/mol. The van der Waals surface area contributed by atoms with E-state index in [4.69, 9.17) is 0 Å². The van der Waals surface area contributed by atoms with Gasteiger partial charge < -0.3 is 10.6 Å². The van der Waals surface area contributed by atoms with E-state index >= 15 is 0 Å². The number of carbonyl (C=O) groups is 2. The van der Waals surface area contributed by atoms with Gasteiger partial charge in [0.25, 0.3) is 0 Å². The van der Waals surface area contributed by atoms with E-state index in [0.29, 0.717) is 29.8 Å². The maximum absolute atomic E-state index is 11.4. The minimum absolute atomic E-state index is 0.0709. The molecule has 0 saturated heterocycles. The number of thioether (sulfide) groups is 2. The molecule has 0 aromatic carbocycles. The van der Waals surface area contributed by atoms with E-state index in [1.165, 1.54) is 0 Å². The fourth-order valence-corrected chi connectivity index (χ4v) is 2.16. The quantitative estimate of drug-likeness (QED) is 0.599. The van der Waals surface area contributed by atoms with Crippen LogP contribution in [0.1, 0.15) is 27.2 Å². The number of rotatable bonds is 10. The van der Waals surface area contributed by atoms with Crippen LogP contribution in [0.15, 0.2) is 0 Å². The van der Waals surface area contributed by atoms with Crippen molar-refractivity contribution in [2.24, 2.45) is 0 Å². The van der Waals surface area contributed by atoms with Crippen LogP contribution in [0.4, 0.5) is 0 Å². The second kappa shape index (κ2) is 11.7. The predicted octanol–water partition coefficient (Wildman–Crippen LogP) is 1.50. The highest BCUT2D eigenvalue weighted by atomic mass is 32.2. The van der Waals surface area contributed by atoms with E-state index in [2.05, 4.69) is 24.5 Å². The Labute approximate surface area is 118 Å². The molecule has 0 heterocycles. The fraction of sp³-hybridized carbons (Fsp3) is 0.833. The first-order chi connectivity index (χ1) is 8.56. The van der Waals surface area contributed by atoms with Gasteiger partial charge in [0, 0.05) is 13.1 Å². The molecule has 0 fully saturated rings. The minimum Gasteiger partial charge on any atom is -0.355 e. The highest BCUT2D eigenvalue weighted by Crippen LogP contribution is 2.07. The largest absolute Gasteiger partial charge is 0.355 e. The van der Waals surface area contributed by atoms with Crippen LogP contribution in [0.25, 0.3) is 0 Å². The highest BCUT2D eigenvalue weighted by molar-refractivity contribution is 8.00. The van der Waals surface area contributed by atoms with Gasteiger partial charge in [0.2, 0.25) is 11.8 Å². The lowest BCUT2D eigenvalue weighted by Gasteiger charge is -2.07. The molecule has 2 N–H and O–H groups in total. The van der Waals surface area contributed by atoms with Gasteiger partial charge in [-0.15, -0.1) is 11.8 Å². The Morgan fingerprint density at radius 1 is 1.06 bits per heavy atom. The average molecular weight is 292 g/mol. The van der Waals surface area contributed by atoms with E-state index in [1.807, 2.05) is 6.92 Å². The molecule has 6 heteroatoms. The number of carbonyl (C=O) groups excluding carboxylic acids is 2. The van der Waals surface area contributed by atoms with E-state index in [0.717, 1.165) is 12.2 Å². The summed E-state index contributed by atoms with van der Waals surface area (Å²) in [6.45, 7) is 7.42. The summed E-state index contributed by atoms with van der Waals surface area (Å²) in [7, 11) is 0. The van der Waals surface area contributed by atoms with Crippen LogP contribution in [-0.2, 0) is 9.59 Å². The van der Waals surface area contributed by atoms with Crippen molar-refractivity contribution in [2.75, 3.05) is 30.3 Å². The molecule has 0 aliphatic rings. The molecule has 0 aromatic heterocycles. The molecule has 0 aromatic rings. The Balaban J connectivity index is 3.34. The summed E-state index contributed by atoms with van der Waals surface area (Å²) in [6, 6.07) is 0. The zero-order chi connectivity index (χ0) is 13.8. The lowest BCUT2D eigenvalue weighted by molar-refractivity contribution is -0.118. The number of nitrogens with one attached hydrogen (secondary N) is 2. The minimum atomic E-state index is 0.0709. The predicted molar refractivity (Wildman–Crippen MR) is 81.2 cm³/mol. The van der Waals surface area contributed by atoms with Gasteiger partial charge in [-0.25, -0.2) is 0 Å². The Hall–Kier alpha value is -0.360. The summed E-state index contributed by atoms with van der Waals surface area (Å²) >= 11 is 3.24. The van der Waals surface area contributed by atoms with Crippen LogP contribution in [0.5, 0.6) is 0 Å². The maximum Gasteiger partial charge on any atom is 0.230 e. The van der Waals surface area contributed by atoms with E-state index in [-0.39, 0.29) is 11.8 Å². The van der Waals surface area contributed by atoms with Gasteiger partial charge in [0.15, 0.2) is 0 Å². The molecule has 106 valence electrons. The number of hydrogen-bond donors (Lipinski definition) is 2. The SMILES string of the molecule is CCSCC(=O)NCCCNC(=O)CSC(C)C. The van der Waals surface area contributed by atoms with Crippen LogP contribution >= 0.6 is 23.5 Å². The molecule has 0 aliphatic heterocycles. The summed E-state index contributed by atoms with van der Waals surface area (Å²) in [5.41, 5.74) is 0. The van der Waals surface area contributed by atoms with Crippen LogP contribution in [-0.4, -0.2) is 47.4 Å². The van der Waals surface area contributed by atoms with Crippen LogP contribution in [0.3, 0.4) is 0 Å². The Kier molecular flexibility index (Phi) is 11.5. The van der Waals surface area contributed by atoms with Crippen molar-refractivity contribution in [2.45, 2.75) is 32.4 Å². The van der Waals surface area contributed by atoms with Crippen molar-refractivity contribution >= 4 is 35.3 Å². The molecule has 4 nitrogen and oxygen atoms in total. The zero-order valence-electron chi connectivity index (χ0n) is 11.5. The molecule has 0 aliphatic carbocycles. The molecule has 0 radical (unpaired) electrons. The van der Waals surface area contributed by atoms with Gasteiger partial charge in [0.05, 0.1) is 11.5 Å². The average Bonchev–Trinajstić information content (AvgIpc) is 2.33. The van der Waals surface area contributed by atoms with Crippen molar-refractivity contribution < 1.29 is 9.59 Å². The summed E-state index contributed by atoms with van der Waals surface area (Å²) < 4.78 is 0. The molecule has 18 heavy (non-hydrogen) atoms. The second-order valence-electron chi connectivity index (χ2n) is 4.05. The third-order valence-electron chi connectivity index (χ3n) is 1.98. The molecule has 0 spiro atoms. The Morgan fingerprint density at radius 3 is 2.11 bits per heavy atom. The topological polar surface area (TPSA) is 58.2 Å². The van der Waals surface area contributed by atoms with Crippen LogP contribution in [0.2, 0.25) is 0 Å². The third kappa shape index (κ3) is 12.1. The lowest BCUT2D eigenvalue weighted by atomic mass is 10.4. The molecular weight excluding hydrogens is 268 g/mol. The molecule has 0 unspecified atom stereocenters. The highest BCUT2D eigenvalue weighted by Gasteiger charge is 2.03. The standard InChI is InChI=1S/C12H24N2O2S2/c1-4-17-8-11(15)13-6-5-7-14-12(16)9-18-10(2)3/h10H,4-9H2,1-3H3,(H,13,15)(H,14,16). The summed E-state index contributed by atoms with van der Waals surface area (Å²) in [4.78, 5) is 22.6. The second-order valence-corrected chi connectivity index (χ2v) is 6.89. The smallest absolute Gasteiger partial charge is 0.230 e. The molecule has 0 atom stereocenters. The van der Waals surface area contributed by atoms with Gasteiger partial charge in [-0.3, -0.25) is 9.59 Å². The normalized spacial score (nSPS) is 10.4. The molecule has 2 amide bonds. The van der Waals surface area contributed by atoms with Crippen molar-refractivity contribution in [3.63, 3.8) is 0 Å². The molecular formula is C12H24N2O2S2. The van der Waals surface area contributed by atoms with Crippen molar-refractivity contribution in [1.29, 1.82) is 0 Å². The first-order valence-electron chi connectivity index (χ1n) is 6.29. The van der Waals surface area contributed by atoms with Crippen molar-refractivity contribution in [1.82, 2.24) is 10.6 Å². The van der Waals surface area contributed by atoms with Crippen LogP contribution in [0, 0.1) is 0 Å². The molecule has 0 saturated carbocycles. The lowest BCUT2D eigenvalue weighted by Crippen LogP contribution is -2.31. The van der Waals surface area contributed by atoms with Crippen molar-refractivity contribution in [3.05, 3.63) is 0 Å². The van der Waals surface area contributed by atoms with Gasteiger partial charge in [0.1, 0.15) is 0 Å². The van der Waals surface area contributed by atoms with Gasteiger partial charge in [-0.05, 0) is 17.4 Å². The molecule has 0 rings (SSSR count). The van der Waals surface area contributed by atoms with Crippen LogP contribution < -0.4 is 10.6 Å². The van der Waals surface area contributed by atoms with Crippen molar-refractivity contribution in [3.8, 4) is 0 Å². The van der Waals surface area contributed by atoms with E-state index < -0.39 is 0 Å². The first kappa shape index (κ1) is 17.6. The third-order valence-corrected chi connectivity index (χ3v) is 3.95. The zero-order valence-corrected chi connectivity index (χ0v) is 13.1. The van der Waals surface area contributed by atoms with Gasteiger partial charge in [-0.1, -0.05) is 20.8 Å². The maximum atomic E-state index is 11.4. The van der Waals surface area contributed by atoms with Gasteiger partial charge in [-0.2, -0.15) is 11.8 Å².